The summed E-state index contributed by atoms with van der Waals surface area (Å²) in [4.78, 5) is 29.6. The molecule has 2 aromatic rings. The molecule has 0 radical (unpaired) electrons. The van der Waals surface area contributed by atoms with Crippen molar-refractivity contribution in [3.05, 3.63) is 35.0 Å². The highest BCUT2D eigenvalue weighted by molar-refractivity contribution is 5.88. The summed E-state index contributed by atoms with van der Waals surface area (Å²) in [6.45, 7) is 3.01. The van der Waals surface area contributed by atoms with E-state index in [0.29, 0.717) is 19.5 Å². The van der Waals surface area contributed by atoms with Gasteiger partial charge in [0.25, 0.3) is 0 Å². The molecule has 1 aromatic carbocycles. The number of likely N-dealkylation sites (tertiary alicyclic amines) is 1. The molecule has 1 atom stereocenters. The first-order chi connectivity index (χ1) is 13.1. The number of aromatic amines is 1. The SMILES string of the molecule is C[C@@H](C(=O)NCc1ccc2[nH]c3c(c2c1)CCCCCC3)N1CCCC1=O. The Balaban J connectivity index is 1.46. The number of amides is 2. The van der Waals surface area contributed by atoms with E-state index in [4.69, 9.17) is 0 Å². The second-order valence-corrected chi connectivity index (χ2v) is 7.96. The van der Waals surface area contributed by atoms with E-state index in [9.17, 15) is 9.59 Å². The first kappa shape index (κ1) is 18.1. The van der Waals surface area contributed by atoms with Crippen LogP contribution in [0.2, 0.25) is 0 Å². The molecule has 27 heavy (non-hydrogen) atoms. The second kappa shape index (κ2) is 7.75. The molecule has 1 fully saturated rings. The molecule has 1 saturated heterocycles. The third kappa shape index (κ3) is 3.73. The Hall–Kier alpha value is -2.30. The van der Waals surface area contributed by atoms with E-state index in [2.05, 4.69) is 28.5 Å². The van der Waals surface area contributed by atoms with E-state index < -0.39 is 6.04 Å². The van der Waals surface area contributed by atoms with Crippen LogP contribution < -0.4 is 5.32 Å². The van der Waals surface area contributed by atoms with Gasteiger partial charge in [-0.3, -0.25) is 9.59 Å². The molecule has 4 rings (SSSR count). The summed E-state index contributed by atoms with van der Waals surface area (Å²) in [5.41, 5.74) is 5.17. The molecule has 0 spiro atoms. The van der Waals surface area contributed by atoms with Crippen LogP contribution in [0.3, 0.4) is 0 Å². The van der Waals surface area contributed by atoms with Gasteiger partial charge in [-0.1, -0.05) is 18.9 Å². The van der Waals surface area contributed by atoms with E-state index in [1.165, 1.54) is 47.8 Å². The van der Waals surface area contributed by atoms with Crippen LogP contribution in [-0.2, 0) is 29.0 Å². The lowest BCUT2D eigenvalue weighted by Crippen LogP contribution is -2.45. The Kier molecular flexibility index (Phi) is 5.19. The van der Waals surface area contributed by atoms with Gasteiger partial charge in [-0.2, -0.15) is 0 Å². The van der Waals surface area contributed by atoms with Gasteiger partial charge < -0.3 is 15.2 Å². The summed E-state index contributed by atoms with van der Waals surface area (Å²) < 4.78 is 0. The fraction of sp³-hybridized carbons (Fsp3) is 0.545. The number of H-pyrrole nitrogens is 1. The van der Waals surface area contributed by atoms with Gasteiger partial charge in [-0.15, -0.1) is 0 Å². The lowest BCUT2D eigenvalue weighted by molar-refractivity contribution is -0.136. The molecule has 1 aliphatic heterocycles. The molecule has 1 aliphatic carbocycles. The predicted molar refractivity (Wildman–Crippen MR) is 106 cm³/mol. The van der Waals surface area contributed by atoms with Crippen molar-refractivity contribution >= 4 is 22.7 Å². The monoisotopic (exact) mass is 367 g/mol. The highest BCUT2D eigenvalue weighted by Gasteiger charge is 2.29. The lowest BCUT2D eigenvalue weighted by atomic mass is 9.96. The van der Waals surface area contributed by atoms with Crippen molar-refractivity contribution in [2.24, 2.45) is 0 Å². The molecular weight excluding hydrogens is 338 g/mol. The largest absolute Gasteiger partial charge is 0.358 e. The quantitative estimate of drug-likeness (QED) is 0.869. The van der Waals surface area contributed by atoms with Gasteiger partial charge in [0.1, 0.15) is 6.04 Å². The summed E-state index contributed by atoms with van der Waals surface area (Å²) in [7, 11) is 0. The van der Waals surface area contributed by atoms with E-state index in [1.54, 1.807) is 4.90 Å². The summed E-state index contributed by atoms with van der Waals surface area (Å²) in [5, 5.41) is 4.32. The van der Waals surface area contributed by atoms with Crippen LogP contribution in [0.1, 0.15) is 62.3 Å². The maximum Gasteiger partial charge on any atom is 0.242 e. The molecule has 144 valence electrons. The maximum absolute atomic E-state index is 12.5. The van der Waals surface area contributed by atoms with E-state index in [1.807, 2.05) is 6.92 Å². The van der Waals surface area contributed by atoms with Crippen molar-refractivity contribution in [1.29, 1.82) is 0 Å². The number of carbonyl (C=O) groups is 2. The molecule has 0 bridgehead atoms. The molecule has 0 saturated carbocycles. The number of fused-ring (bicyclic) bond motifs is 3. The second-order valence-electron chi connectivity index (χ2n) is 7.96. The number of hydrogen-bond acceptors (Lipinski definition) is 2. The van der Waals surface area contributed by atoms with Crippen LogP contribution in [0.15, 0.2) is 18.2 Å². The topological polar surface area (TPSA) is 65.2 Å². The minimum absolute atomic E-state index is 0.0743. The van der Waals surface area contributed by atoms with Crippen LogP contribution in [-0.4, -0.2) is 34.3 Å². The fourth-order valence-corrected chi connectivity index (χ4v) is 4.47. The molecule has 2 heterocycles. The first-order valence-electron chi connectivity index (χ1n) is 10.3. The van der Waals surface area contributed by atoms with Gasteiger partial charge in [-0.25, -0.2) is 0 Å². The minimum atomic E-state index is -0.393. The van der Waals surface area contributed by atoms with E-state index in [-0.39, 0.29) is 11.8 Å². The number of hydrogen-bond donors (Lipinski definition) is 2. The van der Waals surface area contributed by atoms with Gasteiger partial charge in [0.15, 0.2) is 0 Å². The number of aryl methyl sites for hydroxylation is 2. The number of nitrogens with one attached hydrogen (secondary N) is 2. The smallest absolute Gasteiger partial charge is 0.242 e. The van der Waals surface area contributed by atoms with Crippen molar-refractivity contribution in [2.75, 3.05) is 6.54 Å². The van der Waals surface area contributed by atoms with Gasteiger partial charge in [0, 0.05) is 36.1 Å². The zero-order valence-corrected chi connectivity index (χ0v) is 16.1. The molecular formula is C22H29N3O2. The van der Waals surface area contributed by atoms with Gasteiger partial charge in [0.05, 0.1) is 0 Å². The predicted octanol–water partition coefficient (Wildman–Crippen LogP) is 3.45. The van der Waals surface area contributed by atoms with Crippen LogP contribution in [0.4, 0.5) is 0 Å². The normalized spacial score (nSPS) is 18.9. The Morgan fingerprint density at radius 1 is 1.15 bits per heavy atom. The molecule has 2 amide bonds. The van der Waals surface area contributed by atoms with Gasteiger partial charge in [-0.05, 0) is 62.3 Å². The average molecular weight is 367 g/mol. The molecule has 5 nitrogen and oxygen atoms in total. The number of nitrogens with zero attached hydrogens (tertiary/aromatic N) is 1. The van der Waals surface area contributed by atoms with Crippen molar-refractivity contribution in [3.63, 3.8) is 0 Å². The Labute approximate surface area is 160 Å². The third-order valence-corrected chi connectivity index (χ3v) is 6.09. The van der Waals surface area contributed by atoms with Crippen LogP contribution in [0, 0.1) is 0 Å². The maximum atomic E-state index is 12.5. The Morgan fingerprint density at radius 2 is 1.96 bits per heavy atom. The zero-order valence-electron chi connectivity index (χ0n) is 16.1. The van der Waals surface area contributed by atoms with Crippen LogP contribution in [0.5, 0.6) is 0 Å². The summed E-state index contributed by atoms with van der Waals surface area (Å²) in [6, 6.07) is 6.04. The summed E-state index contributed by atoms with van der Waals surface area (Å²) in [5.74, 6) is 0.0136. The zero-order chi connectivity index (χ0) is 18.8. The van der Waals surface area contributed by atoms with Gasteiger partial charge >= 0.3 is 0 Å². The number of aromatic nitrogens is 1. The van der Waals surface area contributed by atoms with Crippen molar-refractivity contribution < 1.29 is 9.59 Å². The standard InChI is InChI=1S/C22H29N3O2/c1-15(25-12-6-9-21(25)26)22(27)23-14-16-10-11-20-18(13-16)17-7-4-2-3-5-8-19(17)24-20/h10-11,13,15,24H,2-9,12,14H2,1H3,(H,23,27)/t15-/m0/s1. The summed E-state index contributed by atoms with van der Waals surface area (Å²) in [6.07, 6.45) is 8.84. The van der Waals surface area contributed by atoms with Crippen LogP contribution >= 0.6 is 0 Å². The van der Waals surface area contributed by atoms with Crippen molar-refractivity contribution in [1.82, 2.24) is 15.2 Å². The highest BCUT2D eigenvalue weighted by Crippen LogP contribution is 2.28. The molecule has 5 heteroatoms. The molecule has 2 N–H and O–H groups in total. The van der Waals surface area contributed by atoms with Crippen molar-refractivity contribution in [2.45, 2.75) is 70.9 Å². The van der Waals surface area contributed by atoms with Crippen LogP contribution in [0.25, 0.3) is 10.9 Å². The Bertz CT molecular complexity index is 855. The first-order valence-corrected chi connectivity index (χ1v) is 10.3. The lowest BCUT2D eigenvalue weighted by Gasteiger charge is -2.23. The van der Waals surface area contributed by atoms with Crippen molar-refractivity contribution in [3.8, 4) is 0 Å². The number of rotatable bonds is 4. The minimum Gasteiger partial charge on any atom is -0.358 e. The molecule has 2 aliphatic rings. The number of benzene rings is 1. The molecule has 1 aromatic heterocycles. The molecule has 0 unspecified atom stereocenters. The van der Waals surface area contributed by atoms with E-state index in [0.717, 1.165) is 24.8 Å². The number of carbonyl (C=O) groups excluding carboxylic acids is 2. The third-order valence-electron chi connectivity index (χ3n) is 6.09. The summed E-state index contributed by atoms with van der Waals surface area (Å²) >= 11 is 0. The average Bonchev–Trinajstić information content (AvgIpc) is 3.21. The fourth-order valence-electron chi connectivity index (χ4n) is 4.47. The Morgan fingerprint density at radius 3 is 2.74 bits per heavy atom. The van der Waals surface area contributed by atoms with Gasteiger partial charge in [0.2, 0.25) is 11.8 Å². The van der Waals surface area contributed by atoms with E-state index >= 15 is 0 Å². The highest BCUT2D eigenvalue weighted by atomic mass is 16.2.